The molecule has 2 amide bonds. The summed E-state index contributed by atoms with van der Waals surface area (Å²) in [6.45, 7) is 2.05. The van der Waals surface area contributed by atoms with Crippen molar-refractivity contribution in [2.45, 2.75) is 13.5 Å². The molecule has 1 aromatic carbocycles. The molecule has 0 N–H and O–H groups in total. The summed E-state index contributed by atoms with van der Waals surface area (Å²) in [4.78, 5) is 30.5. The molecule has 0 radical (unpaired) electrons. The summed E-state index contributed by atoms with van der Waals surface area (Å²) < 4.78 is 0. The minimum Gasteiger partial charge on any atom is -0.268 e. The van der Waals surface area contributed by atoms with Crippen molar-refractivity contribution < 1.29 is 9.59 Å². The fraction of sp³-hybridized carbons (Fsp3) is 0.118. The quantitative estimate of drug-likeness (QED) is 0.780. The molecule has 1 aliphatic rings. The number of carbonyl (C=O) groups is 2. The highest BCUT2D eigenvalue weighted by Gasteiger charge is 2.35. The lowest BCUT2D eigenvalue weighted by molar-refractivity contribution is -0.123. The van der Waals surface area contributed by atoms with Crippen LogP contribution in [0, 0.1) is 6.92 Å². The van der Waals surface area contributed by atoms with Crippen LogP contribution in [-0.2, 0) is 11.3 Å². The number of aromatic nitrogens is 1. The van der Waals surface area contributed by atoms with Crippen LogP contribution in [0.1, 0.15) is 17.0 Å². The van der Waals surface area contributed by atoms with E-state index in [1.807, 2.05) is 31.2 Å². The highest BCUT2D eigenvalue weighted by molar-refractivity contribution is 8.18. The van der Waals surface area contributed by atoms with E-state index in [0.29, 0.717) is 15.6 Å². The molecule has 116 valence electrons. The van der Waals surface area contributed by atoms with Crippen LogP contribution in [0.25, 0.3) is 6.08 Å². The lowest BCUT2D eigenvalue weighted by Gasteiger charge is -2.13. The first-order valence-corrected chi connectivity index (χ1v) is 8.16. The summed E-state index contributed by atoms with van der Waals surface area (Å²) in [5.41, 5.74) is 2.26. The van der Waals surface area contributed by atoms with Crippen LogP contribution >= 0.6 is 23.4 Å². The smallest absolute Gasteiger partial charge is 0.268 e. The van der Waals surface area contributed by atoms with Gasteiger partial charge in [-0.2, -0.15) is 0 Å². The van der Waals surface area contributed by atoms with E-state index >= 15 is 0 Å². The fourth-order valence-corrected chi connectivity index (χ4v) is 3.23. The van der Waals surface area contributed by atoms with Gasteiger partial charge in [-0.3, -0.25) is 19.5 Å². The Bertz CT molecular complexity index is 820. The van der Waals surface area contributed by atoms with E-state index < -0.39 is 0 Å². The van der Waals surface area contributed by atoms with E-state index in [1.54, 1.807) is 24.3 Å². The van der Waals surface area contributed by atoms with E-state index in [9.17, 15) is 9.59 Å². The Kier molecular flexibility index (Phi) is 4.50. The average Bonchev–Trinajstić information content (AvgIpc) is 2.77. The number of thioether (sulfide) groups is 1. The van der Waals surface area contributed by atoms with Gasteiger partial charge in [0.15, 0.2) is 0 Å². The van der Waals surface area contributed by atoms with Gasteiger partial charge in [0, 0.05) is 10.7 Å². The van der Waals surface area contributed by atoms with Crippen LogP contribution in [0.4, 0.5) is 4.79 Å². The van der Waals surface area contributed by atoms with Gasteiger partial charge in [-0.15, -0.1) is 0 Å². The Balaban J connectivity index is 1.84. The SMILES string of the molecule is Cc1cccc(C=C2SC(=O)N(Cc3ccccc3Cl)C2=O)n1. The first-order valence-electron chi connectivity index (χ1n) is 6.97. The number of pyridine rings is 1. The molecule has 0 saturated carbocycles. The predicted octanol–water partition coefficient (Wildman–Crippen LogP) is 4.28. The van der Waals surface area contributed by atoms with Crippen molar-refractivity contribution in [2.75, 3.05) is 0 Å². The number of nitrogens with zero attached hydrogens (tertiary/aromatic N) is 2. The first-order chi connectivity index (χ1) is 11.0. The summed E-state index contributed by atoms with van der Waals surface area (Å²) in [6.07, 6.45) is 1.64. The molecular formula is C17H13ClN2O2S. The number of hydrogen-bond donors (Lipinski definition) is 0. The van der Waals surface area contributed by atoms with Gasteiger partial charge >= 0.3 is 0 Å². The summed E-state index contributed by atoms with van der Waals surface area (Å²) in [5, 5.41) is 0.240. The van der Waals surface area contributed by atoms with Gasteiger partial charge in [-0.1, -0.05) is 35.9 Å². The van der Waals surface area contributed by atoms with Crippen molar-refractivity contribution in [3.8, 4) is 0 Å². The van der Waals surface area contributed by atoms with Gasteiger partial charge in [-0.25, -0.2) is 0 Å². The Morgan fingerprint density at radius 2 is 1.96 bits per heavy atom. The fourth-order valence-electron chi connectivity index (χ4n) is 2.21. The van der Waals surface area contributed by atoms with E-state index in [2.05, 4.69) is 4.98 Å². The maximum Gasteiger partial charge on any atom is 0.293 e. The second kappa shape index (κ2) is 6.56. The summed E-state index contributed by atoms with van der Waals surface area (Å²) in [7, 11) is 0. The summed E-state index contributed by atoms with van der Waals surface area (Å²) in [5.74, 6) is -0.316. The van der Waals surface area contributed by atoms with Crippen LogP contribution in [0.15, 0.2) is 47.4 Å². The van der Waals surface area contributed by atoms with Gasteiger partial charge in [0.05, 0.1) is 17.1 Å². The molecule has 0 bridgehead atoms. The summed E-state index contributed by atoms with van der Waals surface area (Å²) >= 11 is 7.02. The average molecular weight is 345 g/mol. The molecule has 3 rings (SSSR count). The number of carbonyl (C=O) groups excluding carboxylic acids is 2. The topological polar surface area (TPSA) is 50.3 Å². The minimum absolute atomic E-state index is 0.170. The summed E-state index contributed by atoms with van der Waals surface area (Å²) in [6, 6.07) is 12.7. The van der Waals surface area contributed by atoms with E-state index in [-0.39, 0.29) is 17.7 Å². The number of aryl methyl sites for hydroxylation is 1. The number of imide groups is 1. The first kappa shape index (κ1) is 15.8. The molecule has 0 spiro atoms. The number of benzene rings is 1. The van der Waals surface area contributed by atoms with Gasteiger partial charge in [-0.05, 0) is 48.5 Å². The maximum atomic E-state index is 12.5. The van der Waals surface area contributed by atoms with E-state index in [1.165, 1.54) is 4.90 Å². The molecule has 0 unspecified atom stereocenters. The third kappa shape index (κ3) is 3.46. The van der Waals surface area contributed by atoms with Crippen molar-refractivity contribution in [3.63, 3.8) is 0 Å². The molecule has 0 aliphatic carbocycles. The van der Waals surface area contributed by atoms with Crippen LogP contribution in [0.3, 0.4) is 0 Å². The molecular weight excluding hydrogens is 332 g/mol. The zero-order valence-electron chi connectivity index (χ0n) is 12.3. The van der Waals surface area contributed by atoms with Crippen LogP contribution in [-0.4, -0.2) is 21.0 Å². The largest absolute Gasteiger partial charge is 0.293 e. The number of hydrogen-bond acceptors (Lipinski definition) is 4. The second-order valence-corrected chi connectivity index (χ2v) is 6.46. The monoisotopic (exact) mass is 344 g/mol. The normalized spacial score (nSPS) is 16.4. The molecule has 1 fully saturated rings. The molecule has 2 heterocycles. The highest BCUT2D eigenvalue weighted by atomic mass is 35.5. The predicted molar refractivity (Wildman–Crippen MR) is 91.9 cm³/mol. The molecule has 1 aliphatic heterocycles. The minimum atomic E-state index is -0.316. The Morgan fingerprint density at radius 3 is 2.70 bits per heavy atom. The van der Waals surface area contributed by atoms with Crippen molar-refractivity contribution in [2.24, 2.45) is 0 Å². The van der Waals surface area contributed by atoms with Gasteiger partial charge in [0.1, 0.15) is 0 Å². The Morgan fingerprint density at radius 1 is 1.17 bits per heavy atom. The highest BCUT2D eigenvalue weighted by Crippen LogP contribution is 2.33. The Hall–Kier alpha value is -2.11. The number of halogens is 1. The number of amides is 2. The molecule has 4 nitrogen and oxygen atoms in total. The maximum absolute atomic E-state index is 12.5. The van der Waals surface area contributed by atoms with Crippen molar-refractivity contribution in [1.82, 2.24) is 9.88 Å². The van der Waals surface area contributed by atoms with Crippen molar-refractivity contribution >= 4 is 40.6 Å². The van der Waals surface area contributed by atoms with Crippen molar-refractivity contribution in [3.05, 3.63) is 69.3 Å². The molecule has 6 heteroatoms. The van der Waals surface area contributed by atoms with Crippen LogP contribution < -0.4 is 0 Å². The van der Waals surface area contributed by atoms with Gasteiger partial charge < -0.3 is 0 Å². The van der Waals surface area contributed by atoms with Crippen LogP contribution in [0.5, 0.6) is 0 Å². The third-order valence-electron chi connectivity index (χ3n) is 3.35. The van der Waals surface area contributed by atoms with E-state index in [0.717, 1.165) is 23.0 Å². The molecule has 1 aromatic heterocycles. The second-order valence-electron chi connectivity index (χ2n) is 5.06. The van der Waals surface area contributed by atoms with Crippen LogP contribution in [0.2, 0.25) is 5.02 Å². The molecule has 23 heavy (non-hydrogen) atoms. The van der Waals surface area contributed by atoms with Gasteiger partial charge in [0.25, 0.3) is 11.1 Å². The third-order valence-corrected chi connectivity index (χ3v) is 4.62. The lowest BCUT2D eigenvalue weighted by atomic mass is 10.2. The lowest BCUT2D eigenvalue weighted by Crippen LogP contribution is -2.27. The van der Waals surface area contributed by atoms with Gasteiger partial charge in [0.2, 0.25) is 0 Å². The number of rotatable bonds is 3. The zero-order valence-corrected chi connectivity index (χ0v) is 13.9. The molecule has 1 saturated heterocycles. The standard InChI is InChI=1S/C17H13ClN2O2S/c1-11-5-4-7-13(19-11)9-15-16(21)20(17(22)23-15)10-12-6-2-3-8-14(12)18/h2-9H,10H2,1H3. The molecule has 0 atom stereocenters. The Labute approximate surface area is 143 Å². The molecule has 2 aromatic rings. The van der Waals surface area contributed by atoms with Crippen molar-refractivity contribution in [1.29, 1.82) is 0 Å². The van der Waals surface area contributed by atoms with E-state index in [4.69, 9.17) is 11.6 Å². The zero-order chi connectivity index (χ0) is 16.4.